The van der Waals surface area contributed by atoms with Crippen molar-refractivity contribution in [1.29, 1.82) is 0 Å². The first kappa shape index (κ1) is 12.1. The molecule has 1 heterocycles. The standard InChI is InChI=1S/C16H19NS/c1-2-15-10-18-11-16(17-15)14-8-7-12-5-3-4-6-13(12)9-14/h3-9,15-17H,2,10-11H2,1H3. The highest BCUT2D eigenvalue weighted by molar-refractivity contribution is 7.99. The van der Waals surface area contributed by atoms with Crippen LogP contribution in [-0.4, -0.2) is 17.5 Å². The van der Waals surface area contributed by atoms with Crippen molar-refractivity contribution in [2.24, 2.45) is 0 Å². The van der Waals surface area contributed by atoms with Crippen molar-refractivity contribution in [3.8, 4) is 0 Å². The third-order valence-corrected chi connectivity index (χ3v) is 4.92. The first-order valence-corrected chi connectivity index (χ1v) is 7.85. The maximum absolute atomic E-state index is 3.76. The first-order valence-electron chi connectivity index (χ1n) is 6.69. The van der Waals surface area contributed by atoms with E-state index in [1.807, 2.05) is 0 Å². The second-order valence-electron chi connectivity index (χ2n) is 4.97. The molecule has 1 N–H and O–H groups in total. The van der Waals surface area contributed by atoms with Gasteiger partial charge in [-0.1, -0.05) is 43.3 Å². The molecule has 1 aliphatic heterocycles. The summed E-state index contributed by atoms with van der Waals surface area (Å²) in [6.07, 6.45) is 1.22. The van der Waals surface area contributed by atoms with Gasteiger partial charge in [0, 0.05) is 23.6 Å². The number of benzene rings is 2. The van der Waals surface area contributed by atoms with Crippen LogP contribution in [-0.2, 0) is 0 Å². The van der Waals surface area contributed by atoms with Crippen LogP contribution < -0.4 is 5.32 Å². The van der Waals surface area contributed by atoms with E-state index in [0.29, 0.717) is 12.1 Å². The molecule has 1 aliphatic rings. The Bertz CT molecular complexity index is 537. The van der Waals surface area contributed by atoms with Crippen molar-refractivity contribution in [2.45, 2.75) is 25.4 Å². The van der Waals surface area contributed by atoms with Gasteiger partial charge in [0.1, 0.15) is 0 Å². The molecule has 0 radical (unpaired) electrons. The van der Waals surface area contributed by atoms with Gasteiger partial charge in [0.05, 0.1) is 0 Å². The number of hydrogen-bond donors (Lipinski definition) is 1. The van der Waals surface area contributed by atoms with Crippen LogP contribution in [0.4, 0.5) is 0 Å². The van der Waals surface area contributed by atoms with E-state index < -0.39 is 0 Å². The molecule has 1 nitrogen and oxygen atoms in total. The Hall–Kier alpha value is -0.990. The summed E-state index contributed by atoms with van der Waals surface area (Å²) in [6, 6.07) is 16.6. The summed E-state index contributed by atoms with van der Waals surface area (Å²) in [5.74, 6) is 2.44. The highest BCUT2D eigenvalue weighted by Crippen LogP contribution is 2.27. The summed E-state index contributed by atoms with van der Waals surface area (Å²) in [5.41, 5.74) is 1.43. The van der Waals surface area contributed by atoms with E-state index in [9.17, 15) is 0 Å². The van der Waals surface area contributed by atoms with E-state index in [-0.39, 0.29) is 0 Å². The smallest absolute Gasteiger partial charge is 0.0414 e. The number of nitrogens with one attached hydrogen (secondary N) is 1. The number of fused-ring (bicyclic) bond motifs is 1. The lowest BCUT2D eigenvalue weighted by Crippen LogP contribution is -2.39. The Morgan fingerprint density at radius 1 is 1.11 bits per heavy atom. The monoisotopic (exact) mass is 257 g/mol. The highest BCUT2D eigenvalue weighted by atomic mass is 32.2. The minimum atomic E-state index is 0.512. The molecule has 2 heteroatoms. The number of hydrogen-bond acceptors (Lipinski definition) is 2. The predicted molar refractivity (Wildman–Crippen MR) is 81.2 cm³/mol. The summed E-state index contributed by atoms with van der Waals surface area (Å²) in [7, 11) is 0. The van der Waals surface area contributed by atoms with Gasteiger partial charge >= 0.3 is 0 Å². The molecule has 2 unspecified atom stereocenters. The molecule has 0 bridgehead atoms. The van der Waals surface area contributed by atoms with Gasteiger partial charge < -0.3 is 5.32 Å². The highest BCUT2D eigenvalue weighted by Gasteiger charge is 2.21. The molecule has 0 aliphatic carbocycles. The van der Waals surface area contributed by atoms with E-state index in [1.54, 1.807) is 0 Å². The van der Waals surface area contributed by atoms with Crippen LogP contribution in [0.1, 0.15) is 24.9 Å². The summed E-state index contributed by atoms with van der Waals surface area (Å²) in [6.45, 7) is 2.26. The lowest BCUT2D eigenvalue weighted by molar-refractivity contribution is 0.466. The average Bonchev–Trinajstić information content (AvgIpc) is 2.47. The molecule has 0 saturated carbocycles. The predicted octanol–water partition coefficient (Wildman–Crippen LogP) is 4.00. The van der Waals surface area contributed by atoms with Gasteiger partial charge in [0.25, 0.3) is 0 Å². The van der Waals surface area contributed by atoms with Crippen LogP contribution >= 0.6 is 11.8 Å². The molecule has 18 heavy (non-hydrogen) atoms. The minimum absolute atomic E-state index is 0.512. The Balaban J connectivity index is 1.89. The van der Waals surface area contributed by atoms with E-state index >= 15 is 0 Å². The Morgan fingerprint density at radius 2 is 1.94 bits per heavy atom. The molecule has 1 saturated heterocycles. The van der Waals surface area contributed by atoms with Gasteiger partial charge in [0.2, 0.25) is 0 Å². The summed E-state index contributed by atoms with van der Waals surface area (Å²) in [5, 5.41) is 6.44. The molecule has 1 fully saturated rings. The molecular weight excluding hydrogens is 238 g/mol. The molecular formula is C16H19NS. The van der Waals surface area contributed by atoms with Crippen molar-refractivity contribution in [3.63, 3.8) is 0 Å². The van der Waals surface area contributed by atoms with Crippen LogP contribution in [0.3, 0.4) is 0 Å². The third-order valence-electron chi connectivity index (χ3n) is 3.71. The Morgan fingerprint density at radius 3 is 2.78 bits per heavy atom. The number of thioether (sulfide) groups is 1. The van der Waals surface area contributed by atoms with Crippen LogP contribution in [0.25, 0.3) is 10.8 Å². The zero-order valence-corrected chi connectivity index (χ0v) is 11.5. The summed E-state index contributed by atoms with van der Waals surface area (Å²) < 4.78 is 0. The average molecular weight is 257 g/mol. The van der Waals surface area contributed by atoms with Gasteiger partial charge in [-0.25, -0.2) is 0 Å². The van der Waals surface area contributed by atoms with E-state index in [1.165, 1.54) is 34.3 Å². The van der Waals surface area contributed by atoms with E-state index in [2.05, 4.69) is 66.5 Å². The topological polar surface area (TPSA) is 12.0 Å². The van der Waals surface area contributed by atoms with Crippen LogP contribution in [0, 0.1) is 0 Å². The fraction of sp³-hybridized carbons (Fsp3) is 0.375. The molecule has 0 spiro atoms. The van der Waals surface area contributed by atoms with Crippen molar-refractivity contribution in [2.75, 3.05) is 11.5 Å². The Kier molecular flexibility index (Phi) is 3.57. The largest absolute Gasteiger partial charge is 0.306 e. The minimum Gasteiger partial charge on any atom is -0.306 e. The van der Waals surface area contributed by atoms with Crippen LogP contribution in [0.2, 0.25) is 0 Å². The van der Waals surface area contributed by atoms with Gasteiger partial charge in [-0.2, -0.15) is 11.8 Å². The quantitative estimate of drug-likeness (QED) is 0.873. The van der Waals surface area contributed by atoms with Crippen LogP contribution in [0.15, 0.2) is 42.5 Å². The molecule has 2 aromatic carbocycles. The van der Waals surface area contributed by atoms with Gasteiger partial charge in [-0.3, -0.25) is 0 Å². The van der Waals surface area contributed by atoms with Crippen LogP contribution in [0.5, 0.6) is 0 Å². The fourth-order valence-electron chi connectivity index (χ4n) is 2.56. The lowest BCUT2D eigenvalue weighted by Gasteiger charge is -2.30. The molecule has 0 aromatic heterocycles. The molecule has 2 atom stereocenters. The van der Waals surface area contributed by atoms with Crippen molar-refractivity contribution >= 4 is 22.5 Å². The van der Waals surface area contributed by atoms with Crippen molar-refractivity contribution < 1.29 is 0 Å². The zero-order chi connectivity index (χ0) is 12.4. The van der Waals surface area contributed by atoms with Gasteiger partial charge in [-0.15, -0.1) is 0 Å². The second kappa shape index (κ2) is 5.33. The third kappa shape index (κ3) is 2.40. The maximum Gasteiger partial charge on any atom is 0.0414 e. The number of rotatable bonds is 2. The molecule has 94 valence electrons. The molecule has 0 amide bonds. The van der Waals surface area contributed by atoms with Gasteiger partial charge in [-0.05, 0) is 28.8 Å². The second-order valence-corrected chi connectivity index (χ2v) is 6.04. The first-order chi connectivity index (χ1) is 8.86. The maximum atomic E-state index is 3.76. The SMILES string of the molecule is CCC1CSCC(c2ccc3ccccc3c2)N1. The van der Waals surface area contributed by atoms with E-state index in [0.717, 1.165) is 0 Å². The molecule has 3 rings (SSSR count). The van der Waals surface area contributed by atoms with Gasteiger partial charge in [0.15, 0.2) is 0 Å². The molecule has 2 aromatic rings. The Labute approximate surface area is 113 Å². The lowest BCUT2D eigenvalue weighted by atomic mass is 10.0. The van der Waals surface area contributed by atoms with Crippen molar-refractivity contribution in [1.82, 2.24) is 5.32 Å². The fourth-order valence-corrected chi connectivity index (χ4v) is 3.84. The normalized spacial score (nSPS) is 24.3. The van der Waals surface area contributed by atoms with E-state index in [4.69, 9.17) is 0 Å². The van der Waals surface area contributed by atoms with Crippen molar-refractivity contribution in [3.05, 3.63) is 48.0 Å². The zero-order valence-electron chi connectivity index (χ0n) is 10.7. The summed E-state index contributed by atoms with van der Waals surface area (Å²) >= 11 is 2.07. The summed E-state index contributed by atoms with van der Waals surface area (Å²) in [4.78, 5) is 0.